The predicted molar refractivity (Wildman–Crippen MR) is 68.9 cm³/mol. The second-order valence-corrected chi connectivity index (χ2v) is 4.13. The van der Waals surface area contributed by atoms with E-state index in [2.05, 4.69) is 12.2 Å². The summed E-state index contributed by atoms with van der Waals surface area (Å²) in [6, 6.07) is 0.635. The molecule has 0 aliphatic carbocycles. The maximum absolute atomic E-state index is 5.36. The van der Waals surface area contributed by atoms with Gasteiger partial charge in [0.25, 0.3) is 0 Å². The Morgan fingerprint density at radius 1 is 1.06 bits per heavy atom. The molecular formula is C13H29NO2. The van der Waals surface area contributed by atoms with Crippen LogP contribution in [0, 0.1) is 0 Å². The molecule has 0 rings (SSSR count). The van der Waals surface area contributed by atoms with Crippen molar-refractivity contribution in [2.75, 3.05) is 33.5 Å². The van der Waals surface area contributed by atoms with Crippen LogP contribution in [-0.4, -0.2) is 39.5 Å². The summed E-state index contributed by atoms with van der Waals surface area (Å²) in [5.74, 6) is 0. The average Bonchev–Trinajstić information content (AvgIpc) is 2.31. The molecule has 1 atom stereocenters. The minimum Gasteiger partial charge on any atom is -0.385 e. The van der Waals surface area contributed by atoms with Crippen LogP contribution in [-0.2, 0) is 9.47 Å². The van der Waals surface area contributed by atoms with Crippen LogP contribution >= 0.6 is 0 Å². The first-order valence-electron chi connectivity index (χ1n) is 6.65. The molecule has 16 heavy (non-hydrogen) atoms. The molecule has 0 saturated carbocycles. The highest BCUT2D eigenvalue weighted by Gasteiger charge is 2.06. The fourth-order valence-electron chi connectivity index (χ4n) is 1.75. The SMILES string of the molecule is CCCNC(CCCOC)CCCOCC. The highest BCUT2D eigenvalue weighted by molar-refractivity contribution is 4.66. The Hall–Kier alpha value is -0.120. The van der Waals surface area contributed by atoms with Crippen molar-refractivity contribution in [1.29, 1.82) is 0 Å². The summed E-state index contributed by atoms with van der Waals surface area (Å²) < 4.78 is 10.4. The topological polar surface area (TPSA) is 30.5 Å². The minimum atomic E-state index is 0.635. The lowest BCUT2D eigenvalue weighted by Crippen LogP contribution is -2.30. The van der Waals surface area contributed by atoms with Gasteiger partial charge in [0.15, 0.2) is 0 Å². The smallest absolute Gasteiger partial charge is 0.0466 e. The molecule has 0 aromatic rings. The Labute approximate surface area is 101 Å². The molecule has 1 N–H and O–H groups in total. The van der Waals surface area contributed by atoms with Crippen LogP contribution in [0.25, 0.3) is 0 Å². The Morgan fingerprint density at radius 2 is 1.75 bits per heavy atom. The van der Waals surface area contributed by atoms with Gasteiger partial charge in [0.1, 0.15) is 0 Å². The van der Waals surface area contributed by atoms with Gasteiger partial charge in [-0.2, -0.15) is 0 Å². The van der Waals surface area contributed by atoms with E-state index in [0.29, 0.717) is 6.04 Å². The van der Waals surface area contributed by atoms with Gasteiger partial charge in [0, 0.05) is 33.0 Å². The Balaban J connectivity index is 3.54. The normalized spacial score (nSPS) is 12.9. The number of hydrogen-bond donors (Lipinski definition) is 1. The molecule has 0 fully saturated rings. The van der Waals surface area contributed by atoms with Gasteiger partial charge in [-0.1, -0.05) is 6.92 Å². The van der Waals surface area contributed by atoms with E-state index in [0.717, 1.165) is 39.2 Å². The summed E-state index contributed by atoms with van der Waals surface area (Å²) >= 11 is 0. The highest BCUT2D eigenvalue weighted by Crippen LogP contribution is 2.06. The Bertz CT molecular complexity index is 131. The van der Waals surface area contributed by atoms with Crippen LogP contribution in [0.2, 0.25) is 0 Å². The van der Waals surface area contributed by atoms with Crippen LogP contribution in [0.15, 0.2) is 0 Å². The molecule has 0 amide bonds. The molecule has 98 valence electrons. The molecule has 0 aromatic heterocycles. The number of hydrogen-bond acceptors (Lipinski definition) is 3. The van der Waals surface area contributed by atoms with Crippen LogP contribution < -0.4 is 5.32 Å². The zero-order valence-corrected chi connectivity index (χ0v) is 11.3. The van der Waals surface area contributed by atoms with Crippen LogP contribution in [0.5, 0.6) is 0 Å². The molecule has 0 spiro atoms. The molecule has 0 heterocycles. The van der Waals surface area contributed by atoms with Crippen molar-refractivity contribution in [1.82, 2.24) is 5.32 Å². The first kappa shape index (κ1) is 15.9. The third-order valence-electron chi connectivity index (χ3n) is 2.63. The van der Waals surface area contributed by atoms with E-state index in [1.54, 1.807) is 7.11 Å². The molecule has 0 bridgehead atoms. The first-order valence-corrected chi connectivity index (χ1v) is 6.65. The average molecular weight is 231 g/mol. The second-order valence-electron chi connectivity index (χ2n) is 4.13. The Kier molecular flexibility index (Phi) is 12.9. The third kappa shape index (κ3) is 10.4. The molecule has 3 nitrogen and oxygen atoms in total. The summed E-state index contributed by atoms with van der Waals surface area (Å²) in [7, 11) is 1.77. The highest BCUT2D eigenvalue weighted by atomic mass is 16.5. The standard InChI is InChI=1S/C13H29NO2/c1-4-10-14-13(8-6-11-15-3)9-7-12-16-5-2/h13-14H,4-12H2,1-3H3. The van der Waals surface area contributed by atoms with E-state index in [1.807, 2.05) is 6.92 Å². The summed E-state index contributed by atoms with van der Waals surface area (Å²) in [6.07, 6.45) is 5.92. The first-order chi connectivity index (χ1) is 7.85. The van der Waals surface area contributed by atoms with Gasteiger partial charge in [0.05, 0.1) is 0 Å². The van der Waals surface area contributed by atoms with Crippen LogP contribution in [0.3, 0.4) is 0 Å². The van der Waals surface area contributed by atoms with E-state index in [4.69, 9.17) is 9.47 Å². The molecule has 1 unspecified atom stereocenters. The summed E-state index contributed by atoms with van der Waals surface area (Å²) in [5, 5.41) is 3.59. The maximum Gasteiger partial charge on any atom is 0.0466 e. The molecular weight excluding hydrogens is 202 g/mol. The molecule has 0 radical (unpaired) electrons. The molecule has 0 aliphatic heterocycles. The van der Waals surface area contributed by atoms with Crippen molar-refractivity contribution in [2.24, 2.45) is 0 Å². The van der Waals surface area contributed by atoms with Gasteiger partial charge in [0.2, 0.25) is 0 Å². The van der Waals surface area contributed by atoms with Crippen molar-refractivity contribution in [2.45, 2.75) is 52.0 Å². The van der Waals surface area contributed by atoms with Crippen molar-refractivity contribution in [3.05, 3.63) is 0 Å². The van der Waals surface area contributed by atoms with E-state index in [9.17, 15) is 0 Å². The maximum atomic E-state index is 5.36. The largest absolute Gasteiger partial charge is 0.385 e. The lowest BCUT2D eigenvalue weighted by Gasteiger charge is -2.18. The van der Waals surface area contributed by atoms with Gasteiger partial charge in [-0.05, 0) is 45.6 Å². The van der Waals surface area contributed by atoms with E-state index >= 15 is 0 Å². The summed E-state index contributed by atoms with van der Waals surface area (Å²) in [4.78, 5) is 0. The lowest BCUT2D eigenvalue weighted by atomic mass is 10.1. The molecule has 0 aliphatic rings. The Morgan fingerprint density at radius 3 is 2.31 bits per heavy atom. The minimum absolute atomic E-state index is 0.635. The molecule has 0 aromatic carbocycles. The van der Waals surface area contributed by atoms with Crippen LogP contribution in [0.4, 0.5) is 0 Å². The van der Waals surface area contributed by atoms with E-state index in [-0.39, 0.29) is 0 Å². The third-order valence-corrected chi connectivity index (χ3v) is 2.63. The van der Waals surface area contributed by atoms with Gasteiger partial charge in [-0.3, -0.25) is 0 Å². The fraction of sp³-hybridized carbons (Fsp3) is 1.00. The number of ether oxygens (including phenoxy) is 2. The van der Waals surface area contributed by atoms with Gasteiger partial charge < -0.3 is 14.8 Å². The fourth-order valence-corrected chi connectivity index (χ4v) is 1.75. The quantitative estimate of drug-likeness (QED) is 0.524. The molecule has 0 saturated heterocycles. The summed E-state index contributed by atoms with van der Waals surface area (Å²) in [5.41, 5.74) is 0. The summed E-state index contributed by atoms with van der Waals surface area (Å²) in [6.45, 7) is 7.97. The molecule has 3 heteroatoms. The monoisotopic (exact) mass is 231 g/mol. The number of methoxy groups -OCH3 is 1. The predicted octanol–water partition coefficient (Wildman–Crippen LogP) is 2.60. The van der Waals surface area contributed by atoms with Gasteiger partial charge in [-0.15, -0.1) is 0 Å². The number of nitrogens with one attached hydrogen (secondary N) is 1. The zero-order valence-electron chi connectivity index (χ0n) is 11.3. The number of rotatable bonds is 12. The van der Waals surface area contributed by atoms with Gasteiger partial charge >= 0.3 is 0 Å². The van der Waals surface area contributed by atoms with E-state index in [1.165, 1.54) is 19.3 Å². The van der Waals surface area contributed by atoms with Crippen molar-refractivity contribution >= 4 is 0 Å². The van der Waals surface area contributed by atoms with Gasteiger partial charge in [-0.25, -0.2) is 0 Å². The van der Waals surface area contributed by atoms with Crippen molar-refractivity contribution in [3.63, 3.8) is 0 Å². The van der Waals surface area contributed by atoms with Crippen LogP contribution in [0.1, 0.15) is 46.0 Å². The van der Waals surface area contributed by atoms with Crippen molar-refractivity contribution in [3.8, 4) is 0 Å². The second kappa shape index (κ2) is 12.9. The van der Waals surface area contributed by atoms with Crippen molar-refractivity contribution < 1.29 is 9.47 Å². The zero-order chi connectivity index (χ0) is 12.1. The lowest BCUT2D eigenvalue weighted by molar-refractivity contribution is 0.139. The van der Waals surface area contributed by atoms with E-state index < -0.39 is 0 Å².